The Morgan fingerprint density at radius 1 is 0.297 bits per heavy atom. The highest BCUT2D eigenvalue weighted by atomic mass is 31.2. The first kappa shape index (κ1) is 89.1. The summed E-state index contributed by atoms with van der Waals surface area (Å²) in [6.07, 6.45) is 52.8. The summed E-state index contributed by atoms with van der Waals surface area (Å²) in [5.41, 5.74) is 0. The Bertz CT molecular complexity index is 1750. The van der Waals surface area contributed by atoms with E-state index in [1.165, 1.54) is 199 Å². The predicted octanol–water partition coefficient (Wildman–Crippen LogP) is 20.9. The van der Waals surface area contributed by atoms with Gasteiger partial charge in [-0.15, -0.1) is 0 Å². The maximum absolute atomic E-state index is 13.0. The first-order valence-electron chi connectivity index (χ1n) is 37.6. The summed E-state index contributed by atoms with van der Waals surface area (Å²) in [6.45, 7) is 7.21. The Morgan fingerprint density at radius 2 is 0.505 bits per heavy atom. The van der Waals surface area contributed by atoms with Crippen LogP contribution in [0.15, 0.2) is 0 Å². The molecule has 0 rings (SSSR count). The SMILES string of the molecule is CCCCCCCCCCCCCCCCCCCCCCC(=O)O[C@H](COC(=O)CCCCCCCCCCC(C)C)COP(=O)(O)OC[C@@H](O)COP(=O)(O)OC[C@@H](COC(=O)CCCCCCCCCCCC)OC(=O)CCCCCCCCCCCC. The van der Waals surface area contributed by atoms with E-state index >= 15 is 0 Å². The number of unbranched alkanes of at least 4 members (excludes halogenated alkanes) is 44. The van der Waals surface area contributed by atoms with Gasteiger partial charge in [0.15, 0.2) is 12.2 Å². The molecule has 19 heteroatoms. The van der Waals surface area contributed by atoms with Gasteiger partial charge in [0.2, 0.25) is 0 Å². The molecular formula is C72H140O17P2. The molecule has 0 saturated heterocycles. The molecule has 91 heavy (non-hydrogen) atoms. The zero-order valence-electron chi connectivity index (χ0n) is 59.0. The molecule has 0 saturated carbocycles. The second-order valence-corrected chi connectivity index (χ2v) is 29.4. The van der Waals surface area contributed by atoms with Crippen LogP contribution in [-0.2, 0) is 65.4 Å². The Labute approximate surface area is 556 Å². The predicted molar refractivity (Wildman–Crippen MR) is 368 cm³/mol. The van der Waals surface area contributed by atoms with E-state index in [0.29, 0.717) is 25.7 Å². The highest BCUT2D eigenvalue weighted by molar-refractivity contribution is 7.47. The summed E-state index contributed by atoms with van der Waals surface area (Å²) >= 11 is 0. The lowest BCUT2D eigenvalue weighted by Crippen LogP contribution is -2.30. The van der Waals surface area contributed by atoms with Crippen LogP contribution in [0.2, 0.25) is 0 Å². The van der Waals surface area contributed by atoms with E-state index < -0.39 is 97.5 Å². The third-order valence-electron chi connectivity index (χ3n) is 16.8. The van der Waals surface area contributed by atoms with Gasteiger partial charge in [0.25, 0.3) is 0 Å². The van der Waals surface area contributed by atoms with Crippen molar-refractivity contribution in [3.05, 3.63) is 0 Å². The van der Waals surface area contributed by atoms with Crippen LogP contribution in [-0.4, -0.2) is 96.7 Å². The average Bonchev–Trinajstić information content (AvgIpc) is 3.29. The lowest BCUT2D eigenvalue weighted by molar-refractivity contribution is -0.161. The number of esters is 4. The molecule has 0 heterocycles. The van der Waals surface area contributed by atoms with Crippen LogP contribution in [0.5, 0.6) is 0 Å². The molecule has 0 bridgehead atoms. The van der Waals surface area contributed by atoms with E-state index in [1.807, 2.05) is 0 Å². The third kappa shape index (κ3) is 66.5. The van der Waals surface area contributed by atoms with Crippen LogP contribution < -0.4 is 0 Å². The van der Waals surface area contributed by atoms with Crippen molar-refractivity contribution in [2.75, 3.05) is 39.6 Å². The molecule has 5 atom stereocenters. The summed E-state index contributed by atoms with van der Waals surface area (Å²) in [6, 6.07) is 0. The Morgan fingerprint density at radius 3 is 0.747 bits per heavy atom. The van der Waals surface area contributed by atoms with Gasteiger partial charge in [0.05, 0.1) is 26.4 Å². The number of rotatable bonds is 72. The smallest absolute Gasteiger partial charge is 0.462 e. The topological polar surface area (TPSA) is 237 Å². The molecule has 540 valence electrons. The van der Waals surface area contributed by atoms with Gasteiger partial charge in [-0.25, -0.2) is 9.13 Å². The molecule has 0 aromatic heterocycles. The fraction of sp³-hybridized carbons (Fsp3) is 0.944. The van der Waals surface area contributed by atoms with Crippen LogP contribution in [0.25, 0.3) is 0 Å². The van der Waals surface area contributed by atoms with Crippen LogP contribution >= 0.6 is 15.6 Å². The molecule has 0 aliphatic carbocycles. The minimum atomic E-state index is -4.95. The molecule has 2 unspecified atom stereocenters. The van der Waals surface area contributed by atoms with Gasteiger partial charge in [0, 0.05) is 25.7 Å². The summed E-state index contributed by atoms with van der Waals surface area (Å²) in [5.74, 6) is -1.40. The molecule has 3 N–H and O–H groups in total. The van der Waals surface area contributed by atoms with E-state index in [0.717, 1.165) is 95.8 Å². The van der Waals surface area contributed by atoms with Gasteiger partial charge < -0.3 is 33.8 Å². The number of aliphatic hydroxyl groups excluding tert-OH is 1. The second-order valence-electron chi connectivity index (χ2n) is 26.5. The zero-order valence-corrected chi connectivity index (χ0v) is 60.8. The number of carbonyl (C=O) groups excluding carboxylic acids is 4. The van der Waals surface area contributed by atoms with Crippen molar-refractivity contribution >= 4 is 39.5 Å². The summed E-state index contributed by atoms with van der Waals surface area (Å²) in [4.78, 5) is 72.5. The number of phosphoric acid groups is 2. The van der Waals surface area contributed by atoms with Gasteiger partial charge >= 0.3 is 39.5 Å². The van der Waals surface area contributed by atoms with E-state index in [-0.39, 0.29) is 25.7 Å². The first-order chi connectivity index (χ1) is 44.0. The van der Waals surface area contributed by atoms with Gasteiger partial charge in [-0.3, -0.25) is 37.3 Å². The Balaban J connectivity index is 5.17. The van der Waals surface area contributed by atoms with Crippen molar-refractivity contribution in [3.63, 3.8) is 0 Å². The largest absolute Gasteiger partial charge is 0.472 e. The van der Waals surface area contributed by atoms with Crippen LogP contribution in [0, 0.1) is 5.92 Å². The van der Waals surface area contributed by atoms with Gasteiger partial charge in [0.1, 0.15) is 19.3 Å². The van der Waals surface area contributed by atoms with Crippen molar-refractivity contribution in [1.29, 1.82) is 0 Å². The molecule has 0 amide bonds. The monoisotopic (exact) mass is 1340 g/mol. The highest BCUT2D eigenvalue weighted by Gasteiger charge is 2.30. The van der Waals surface area contributed by atoms with Crippen LogP contribution in [0.4, 0.5) is 0 Å². The Kier molecular flexibility index (Phi) is 64.0. The van der Waals surface area contributed by atoms with Gasteiger partial charge in [-0.2, -0.15) is 0 Å². The summed E-state index contributed by atoms with van der Waals surface area (Å²) in [5, 5.41) is 10.6. The van der Waals surface area contributed by atoms with E-state index in [9.17, 15) is 43.2 Å². The lowest BCUT2D eigenvalue weighted by Gasteiger charge is -2.21. The average molecular weight is 1340 g/mol. The zero-order chi connectivity index (χ0) is 67.0. The molecule has 0 spiro atoms. The lowest BCUT2D eigenvalue weighted by atomic mass is 10.0. The number of phosphoric ester groups is 2. The van der Waals surface area contributed by atoms with Crippen molar-refractivity contribution in [1.82, 2.24) is 0 Å². The van der Waals surface area contributed by atoms with Crippen molar-refractivity contribution in [2.45, 2.75) is 393 Å². The number of hydrogen-bond acceptors (Lipinski definition) is 15. The number of carbonyl (C=O) groups is 4. The minimum absolute atomic E-state index is 0.107. The third-order valence-corrected chi connectivity index (χ3v) is 18.7. The molecule has 0 aliphatic heterocycles. The molecule has 0 aromatic rings. The first-order valence-corrected chi connectivity index (χ1v) is 40.6. The number of aliphatic hydroxyl groups is 1. The normalized spacial score (nSPS) is 14.0. The van der Waals surface area contributed by atoms with E-state index in [4.69, 9.17) is 37.0 Å². The molecule has 0 fully saturated rings. The van der Waals surface area contributed by atoms with Crippen molar-refractivity contribution in [3.8, 4) is 0 Å². The van der Waals surface area contributed by atoms with Crippen molar-refractivity contribution < 1.29 is 80.2 Å². The molecule has 0 aliphatic rings. The number of ether oxygens (including phenoxy) is 4. The molecular weight excluding hydrogens is 1200 g/mol. The fourth-order valence-electron chi connectivity index (χ4n) is 11.0. The highest BCUT2D eigenvalue weighted by Crippen LogP contribution is 2.45. The summed E-state index contributed by atoms with van der Waals surface area (Å²) < 4.78 is 68.3. The maximum atomic E-state index is 13.0. The van der Waals surface area contributed by atoms with Crippen LogP contribution in [0.1, 0.15) is 375 Å². The van der Waals surface area contributed by atoms with E-state index in [1.54, 1.807) is 0 Å². The van der Waals surface area contributed by atoms with Gasteiger partial charge in [-0.1, -0.05) is 324 Å². The number of hydrogen-bond donors (Lipinski definition) is 3. The van der Waals surface area contributed by atoms with E-state index in [2.05, 4.69) is 34.6 Å². The summed E-state index contributed by atoms with van der Waals surface area (Å²) in [7, 11) is -9.90. The van der Waals surface area contributed by atoms with Crippen LogP contribution in [0.3, 0.4) is 0 Å². The standard InChI is InChI=1S/C72H140O17P2/c1-6-9-12-15-18-21-24-25-26-27-28-29-30-31-32-33-36-43-48-53-58-72(77)89-68(62-83-70(75)56-51-46-41-38-37-39-44-49-54-65(4)5)64-87-91(80,81)85-60-66(73)59-84-90(78,79)86-63-67(88-71(76)57-52-47-42-35-23-20-17-14-11-8-3)61-82-69(74)55-50-45-40-34-22-19-16-13-10-7-2/h65-68,73H,6-64H2,1-5H3,(H,78,79)(H,80,81)/t66-,67+,68+/m0/s1. The Hall–Kier alpha value is -1.94. The molecule has 0 radical (unpaired) electrons. The second kappa shape index (κ2) is 65.4. The fourth-order valence-corrected chi connectivity index (χ4v) is 12.6. The van der Waals surface area contributed by atoms with Gasteiger partial charge in [-0.05, 0) is 31.6 Å². The van der Waals surface area contributed by atoms with Crippen molar-refractivity contribution in [2.24, 2.45) is 5.92 Å². The quantitative estimate of drug-likeness (QED) is 0.0222. The maximum Gasteiger partial charge on any atom is 0.472 e. The molecule has 0 aromatic carbocycles. The molecule has 17 nitrogen and oxygen atoms in total. The minimum Gasteiger partial charge on any atom is -0.462 e.